The lowest BCUT2D eigenvalue weighted by Gasteiger charge is -2.43. The summed E-state index contributed by atoms with van der Waals surface area (Å²) in [6.07, 6.45) is 10.8. The molecule has 1 saturated carbocycles. The van der Waals surface area contributed by atoms with Gasteiger partial charge in [-0.3, -0.25) is 9.69 Å². The molecule has 1 aliphatic carbocycles. The molecule has 0 amide bonds. The first-order chi connectivity index (χ1) is 8.71. The van der Waals surface area contributed by atoms with Gasteiger partial charge in [-0.1, -0.05) is 39.5 Å². The van der Waals surface area contributed by atoms with E-state index in [2.05, 4.69) is 18.7 Å². The quantitative estimate of drug-likeness (QED) is 0.711. The molecule has 2 aliphatic rings. The minimum absolute atomic E-state index is 0.263. The summed E-state index contributed by atoms with van der Waals surface area (Å²) in [5.74, 6) is 0.521. The first kappa shape index (κ1) is 14.0. The van der Waals surface area contributed by atoms with Crippen LogP contribution in [0.3, 0.4) is 0 Å². The van der Waals surface area contributed by atoms with Crippen LogP contribution in [0.25, 0.3) is 0 Å². The van der Waals surface area contributed by atoms with E-state index in [9.17, 15) is 4.79 Å². The van der Waals surface area contributed by atoms with Gasteiger partial charge in [0.15, 0.2) is 0 Å². The van der Waals surface area contributed by atoms with Crippen molar-refractivity contribution in [3.63, 3.8) is 0 Å². The Morgan fingerprint density at radius 2 is 1.78 bits per heavy atom. The van der Waals surface area contributed by atoms with Crippen LogP contribution in [0.5, 0.6) is 0 Å². The Morgan fingerprint density at radius 1 is 1.11 bits per heavy atom. The maximum Gasteiger partial charge on any atom is 0.149 e. The van der Waals surface area contributed by atoms with E-state index >= 15 is 0 Å². The molecule has 2 heteroatoms. The number of nitrogens with zero attached hydrogens (tertiary/aromatic N) is 1. The van der Waals surface area contributed by atoms with Crippen molar-refractivity contribution in [2.45, 2.75) is 77.7 Å². The highest BCUT2D eigenvalue weighted by Gasteiger charge is 2.35. The summed E-state index contributed by atoms with van der Waals surface area (Å²) in [6.45, 7) is 6.96. The fourth-order valence-corrected chi connectivity index (χ4v) is 3.79. The van der Waals surface area contributed by atoms with Crippen LogP contribution in [0.15, 0.2) is 0 Å². The molecule has 0 radical (unpaired) electrons. The Morgan fingerprint density at radius 3 is 2.39 bits per heavy atom. The predicted octanol–water partition coefficient (Wildman–Crippen LogP) is 3.79. The summed E-state index contributed by atoms with van der Waals surface area (Å²) in [5, 5.41) is 0. The van der Waals surface area contributed by atoms with Crippen LogP contribution in [0.1, 0.15) is 71.6 Å². The van der Waals surface area contributed by atoms with E-state index in [1.165, 1.54) is 38.5 Å². The Hall–Kier alpha value is -0.370. The molecule has 1 heterocycles. The van der Waals surface area contributed by atoms with E-state index in [1.54, 1.807) is 0 Å². The maximum absolute atomic E-state index is 12.2. The zero-order valence-corrected chi connectivity index (χ0v) is 12.2. The number of likely N-dealkylation sites (tertiary alicyclic amines) is 1. The Kier molecular flexibility index (Phi) is 4.83. The summed E-state index contributed by atoms with van der Waals surface area (Å²) in [7, 11) is 0. The highest BCUT2D eigenvalue weighted by molar-refractivity contribution is 5.84. The van der Waals surface area contributed by atoms with Gasteiger partial charge < -0.3 is 0 Å². The fourth-order valence-electron chi connectivity index (χ4n) is 3.79. The number of piperidine rings is 1. The van der Waals surface area contributed by atoms with E-state index in [4.69, 9.17) is 0 Å². The van der Waals surface area contributed by atoms with Crippen LogP contribution < -0.4 is 0 Å². The third-order valence-electron chi connectivity index (χ3n) is 5.57. The first-order valence-electron chi connectivity index (χ1n) is 7.97. The van der Waals surface area contributed by atoms with Crippen LogP contribution >= 0.6 is 0 Å². The van der Waals surface area contributed by atoms with Crippen molar-refractivity contribution in [2.75, 3.05) is 13.1 Å². The minimum atomic E-state index is 0.263. The third-order valence-corrected chi connectivity index (χ3v) is 5.57. The Labute approximate surface area is 112 Å². The molecule has 0 aromatic heterocycles. The van der Waals surface area contributed by atoms with E-state index in [0.29, 0.717) is 11.2 Å². The summed E-state index contributed by atoms with van der Waals surface area (Å²) in [6, 6.07) is 0.263. The number of carbonyl (C=O) groups is 1. The van der Waals surface area contributed by atoms with Crippen molar-refractivity contribution in [1.29, 1.82) is 0 Å². The molecule has 1 saturated heterocycles. The molecule has 0 aromatic carbocycles. The van der Waals surface area contributed by atoms with Gasteiger partial charge in [-0.25, -0.2) is 0 Å². The zero-order valence-electron chi connectivity index (χ0n) is 12.2. The summed E-state index contributed by atoms with van der Waals surface area (Å²) in [5.41, 5.74) is 0.574. The van der Waals surface area contributed by atoms with Crippen molar-refractivity contribution < 1.29 is 4.79 Å². The number of hydrogen-bond acceptors (Lipinski definition) is 2. The molecule has 0 bridgehead atoms. The van der Waals surface area contributed by atoms with Gasteiger partial charge in [-0.15, -0.1) is 0 Å². The molecule has 1 unspecified atom stereocenters. The molecular weight excluding hydrogens is 222 g/mol. The SMILES string of the molecule is CCC1(CC)CCN(C2CCCCCC2=O)CC1. The van der Waals surface area contributed by atoms with Gasteiger partial charge in [0, 0.05) is 6.42 Å². The van der Waals surface area contributed by atoms with E-state index in [1.807, 2.05) is 0 Å². The van der Waals surface area contributed by atoms with Crippen LogP contribution in [-0.2, 0) is 4.79 Å². The van der Waals surface area contributed by atoms with Crippen molar-refractivity contribution >= 4 is 5.78 Å². The van der Waals surface area contributed by atoms with Crippen LogP contribution in [0.2, 0.25) is 0 Å². The molecule has 18 heavy (non-hydrogen) atoms. The zero-order chi connectivity index (χ0) is 13.0. The second kappa shape index (κ2) is 6.18. The van der Waals surface area contributed by atoms with Crippen LogP contribution in [-0.4, -0.2) is 29.8 Å². The molecule has 104 valence electrons. The van der Waals surface area contributed by atoms with Gasteiger partial charge in [-0.2, -0.15) is 0 Å². The lowest BCUT2D eigenvalue weighted by molar-refractivity contribution is -0.125. The molecular formula is C16H29NO. The average Bonchev–Trinajstić information content (AvgIpc) is 2.64. The average molecular weight is 251 g/mol. The topological polar surface area (TPSA) is 20.3 Å². The third kappa shape index (κ3) is 2.96. The standard InChI is InChI=1S/C16H29NO/c1-3-16(4-2)10-12-17(13-11-16)14-8-6-5-7-9-15(14)18/h14H,3-13H2,1-2H3. The molecule has 1 atom stereocenters. The second-order valence-electron chi connectivity index (χ2n) is 6.32. The summed E-state index contributed by atoms with van der Waals surface area (Å²) < 4.78 is 0. The normalized spacial score (nSPS) is 30.1. The summed E-state index contributed by atoms with van der Waals surface area (Å²) >= 11 is 0. The summed E-state index contributed by atoms with van der Waals surface area (Å²) in [4.78, 5) is 14.7. The Bertz CT molecular complexity index is 273. The molecule has 2 rings (SSSR count). The molecule has 2 fully saturated rings. The number of rotatable bonds is 3. The lowest BCUT2D eigenvalue weighted by atomic mass is 9.74. The van der Waals surface area contributed by atoms with Gasteiger partial charge >= 0.3 is 0 Å². The molecule has 2 nitrogen and oxygen atoms in total. The number of carbonyl (C=O) groups excluding carboxylic acids is 1. The number of hydrogen-bond donors (Lipinski definition) is 0. The van der Waals surface area contributed by atoms with Crippen molar-refractivity contribution in [3.8, 4) is 0 Å². The monoisotopic (exact) mass is 251 g/mol. The molecule has 0 N–H and O–H groups in total. The van der Waals surface area contributed by atoms with Gasteiger partial charge in [0.25, 0.3) is 0 Å². The maximum atomic E-state index is 12.2. The molecule has 1 aliphatic heterocycles. The fraction of sp³-hybridized carbons (Fsp3) is 0.938. The van der Waals surface area contributed by atoms with Crippen molar-refractivity contribution in [2.24, 2.45) is 5.41 Å². The van der Waals surface area contributed by atoms with E-state index in [0.717, 1.165) is 32.4 Å². The van der Waals surface area contributed by atoms with Crippen molar-refractivity contribution in [1.82, 2.24) is 4.90 Å². The molecule has 0 spiro atoms. The first-order valence-corrected chi connectivity index (χ1v) is 7.97. The van der Waals surface area contributed by atoms with Crippen LogP contribution in [0.4, 0.5) is 0 Å². The largest absolute Gasteiger partial charge is 0.298 e. The van der Waals surface area contributed by atoms with Crippen molar-refractivity contribution in [3.05, 3.63) is 0 Å². The predicted molar refractivity (Wildman–Crippen MR) is 75.7 cm³/mol. The smallest absolute Gasteiger partial charge is 0.149 e. The minimum Gasteiger partial charge on any atom is -0.298 e. The van der Waals surface area contributed by atoms with Gasteiger partial charge in [-0.05, 0) is 44.2 Å². The lowest BCUT2D eigenvalue weighted by Crippen LogP contribution is -2.47. The second-order valence-corrected chi connectivity index (χ2v) is 6.32. The number of Topliss-reactive ketones (excluding diaryl/α,β-unsaturated/α-hetero) is 1. The molecule has 0 aromatic rings. The van der Waals surface area contributed by atoms with Crippen LogP contribution in [0, 0.1) is 5.41 Å². The van der Waals surface area contributed by atoms with Gasteiger partial charge in [0.05, 0.1) is 6.04 Å². The highest BCUT2D eigenvalue weighted by Crippen LogP contribution is 2.39. The Balaban J connectivity index is 1.94. The number of ketones is 1. The highest BCUT2D eigenvalue weighted by atomic mass is 16.1. The van der Waals surface area contributed by atoms with Gasteiger partial charge in [0.1, 0.15) is 5.78 Å². The van der Waals surface area contributed by atoms with E-state index < -0.39 is 0 Å². The van der Waals surface area contributed by atoms with Gasteiger partial charge in [0.2, 0.25) is 0 Å². The van der Waals surface area contributed by atoms with E-state index in [-0.39, 0.29) is 6.04 Å².